The molecule has 1 aliphatic carbocycles. The zero-order valence-electron chi connectivity index (χ0n) is 13.2. The second kappa shape index (κ2) is 8.59. The van der Waals surface area contributed by atoms with Crippen molar-refractivity contribution in [3.8, 4) is 0 Å². The summed E-state index contributed by atoms with van der Waals surface area (Å²) in [5, 5.41) is 5.65. The van der Waals surface area contributed by atoms with Crippen LogP contribution in [-0.2, 0) is 20.9 Å². The number of nitrogens with zero attached hydrogens (tertiary/aromatic N) is 1. The lowest BCUT2D eigenvalue weighted by atomic mass is 9.98. The van der Waals surface area contributed by atoms with E-state index in [9.17, 15) is 9.59 Å². The van der Waals surface area contributed by atoms with E-state index in [0.717, 1.165) is 31.2 Å². The summed E-state index contributed by atoms with van der Waals surface area (Å²) in [6.45, 7) is 0.536. The lowest BCUT2D eigenvalue weighted by Crippen LogP contribution is -2.52. The summed E-state index contributed by atoms with van der Waals surface area (Å²) in [5.74, 6) is -0.492. The van der Waals surface area contributed by atoms with Crippen molar-refractivity contribution in [1.29, 1.82) is 0 Å². The summed E-state index contributed by atoms with van der Waals surface area (Å²) in [4.78, 5) is 27.5. The first-order chi connectivity index (χ1) is 11.1. The van der Waals surface area contributed by atoms with Crippen molar-refractivity contribution in [2.75, 3.05) is 19.8 Å². The first-order valence-electron chi connectivity index (χ1n) is 7.88. The van der Waals surface area contributed by atoms with Gasteiger partial charge in [0.2, 0.25) is 11.8 Å². The number of aromatic nitrogens is 1. The van der Waals surface area contributed by atoms with Gasteiger partial charge in [0.25, 0.3) is 0 Å². The van der Waals surface area contributed by atoms with Crippen molar-refractivity contribution in [3.63, 3.8) is 0 Å². The van der Waals surface area contributed by atoms with Crippen LogP contribution in [0.25, 0.3) is 0 Å². The molecule has 2 rings (SSSR count). The maximum atomic E-state index is 11.9. The summed E-state index contributed by atoms with van der Waals surface area (Å²) in [6.07, 6.45) is 7.32. The van der Waals surface area contributed by atoms with E-state index in [2.05, 4.69) is 15.6 Å². The number of hydrogen-bond acceptors (Lipinski definition) is 5. The summed E-state index contributed by atoms with van der Waals surface area (Å²) >= 11 is 0. The van der Waals surface area contributed by atoms with E-state index >= 15 is 0 Å². The minimum Gasteiger partial charge on any atom is -0.362 e. The van der Waals surface area contributed by atoms with E-state index in [1.807, 2.05) is 6.07 Å². The van der Waals surface area contributed by atoms with Crippen LogP contribution in [0.1, 0.15) is 31.2 Å². The van der Waals surface area contributed by atoms with Gasteiger partial charge in [-0.1, -0.05) is 18.9 Å². The van der Waals surface area contributed by atoms with Gasteiger partial charge in [0, 0.05) is 25.5 Å². The molecule has 1 heterocycles. The number of nitrogens with two attached hydrogens (primary N) is 1. The van der Waals surface area contributed by atoms with E-state index in [1.54, 1.807) is 18.5 Å². The summed E-state index contributed by atoms with van der Waals surface area (Å²) < 4.78 is 5.16. The second-order valence-corrected chi connectivity index (χ2v) is 5.87. The number of rotatable bonds is 8. The van der Waals surface area contributed by atoms with Crippen LogP contribution in [0.3, 0.4) is 0 Å². The Morgan fingerprint density at radius 2 is 2.00 bits per heavy atom. The van der Waals surface area contributed by atoms with Crippen LogP contribution in [0.5, 0.6) is 0 Å². The Morgan fingerprint density at radius 1 is 1.26 bits per heavy atom. The maximum Gasteiger partial charge on any atom is 0.246 e. The Labute approximate surface area is 136 Å². The average molecular weight is 320 g/mol. The molecule has 0 atom stereocenters. The van der Waals surface area contributed by atoms with Crippen molar-refractivity contribution in [2.45, 2.75) is 37.8 Å². The van der Waals surface area contributed by atoms with E-state index in [0.29, 0.717) is 13.1 Å². The van der Waals surface area contributed by atoms with Gasteiger partial charge in [-0.15, -0.1) is 0 Å². The zero-order valence-corrected chi connectivity index (χ0v) is 13.2. The predicted octanol–water partition coefficient (Wildman–Crippen LogP) is 0.102. The van der Waals surface area contributed by atoms with Crippen molar-refractivity contribution in [3.05, 3.63) is 30.1 Å². The molecule has 0 saturated heterocycles. The first kappa shape index (κ1) is 17.4. The smallest absolute Gasteiger partial charge is 0.246 e. The number of hydrogen-bond donors (Lipinski definition) is 3. The number of pyridine rings is 1. The van der Waals surface area contributed by atoms with Gasteiger partial charge >= 0.3 is 0 Å². The molecule has 0 unspecified atom stereocenters. The zero-order chi connectivity index (χ0) is 16.5. The molecule has 1 aromatic rings. The fraction of sp³-hybridized carbons (Fsp3) is 0.562. The SMILES string of the molecule is NCC1(NC(=O)COCC(=O)NCc2cccnc2)CCCC1. The molecular weight excluding hydrogens is 296 g/mol. The topological polar surface area (TPSA) is 106 Å². The highest BCUT2D eigenvalue weighted by Crippen LogP contribution is 2.28. The van der Waals surface area contributed by atoms with Crippen molar-refractivity contribution in [2.24, 2.45) is 5.73 Å². The molecule has 0 radical (unpaired) electrons. The number of carbonyl (C=O) groups is 2. The van der Waals surface area contributed by atoms with E-state index < -0.39 is 0 Å². The summed E-state index contributed by atoms with van der Waals surface area (Å²) in [6, 6.07) is 3.67. The van der Waals surface area contributed by atoms with Crippen LogP contribution in [0, 0.1) is 0 Å². The molecule has 126 valence electrons. The van der Waals surface area contributed by atoms with Gasteiger partial charge in [-0.05, 0) is 24.5 Å². The van der Waals surface area contributed by atoms with Gasteiger partial charge in [0.15, 0.2) is 0 Å². The molecule has 2 amide bonds. The van der Waals surface area contributed by atoms with Gasteiger partial charge in [-0.3, -0.25) is 14.6 Å². The van der Waals surface area contributed by atoms with Crippen LogP contribution in [0.2, 0.25) is 0 Å². The molecule has 23 heavy (non-hydrogen) atoms. The highest BCUT2D eigenvalue weighted by Gasteiger charge is 2.33. The lowest BCUT2D eigenvalue weighted by Gasteiger charge is -2.28. The number of ether oxygens (including phenoxy) is 1. The van der Waals surface area contributed by atoms with Gasteiger partial charge in [0.05, 0.1) is 5.54 Å². The van der Waals surface area contributed by atoms with Crippen LogP contribution in [0.15, 0.2) is 24.5 Å². The van der Waals surface area contributed by atoms with Crippen molar-refractivity contribution in [1.82, 2.24) is 15.6 Å². The van der Waals surface area contributed by atoms with Gasteiger partial charge in [0.1, 0.15) is 13.2 Å². The third-order valence-electron chi connectivity index (χ3n) is 4.03. The number of nitrogens with one attached hydrogen (secondary N) is 2. The van der Waals surface area contributed by atoms with Crippen LogP contribution < -0.4 is 16.4 Å². The van der Waals surface area contributed by atoms with Crippen LogP contribution >= 0.6 is 0 Å². The summed E-state index contributed by atoms with van der Waals surface area (Å²) in [5.41, 5.74) is 6.38. The minimum absolute atomic E-state index is 0.137. The fourth-order valence-corrected chi connectivity index (χ4v) is 2.75. The van der Waals surface area contributed by atoms with Crippen molar-refractivity contribution >= 4 is 11.8 Å². The molecule has 1 aliphatic rings. The quantitative estimate of drug-likeness (QED) is 0.630. The molecule has 0 bridgehead atoms. The minimum atomic E-state index is -0.289. The number of amides is 2. The Kier molecular flexibility index (Phi) is 6.49. The van der Waals surface area contributed by atoms with Crippen LogP contribution in [0.4, 0.5) is 0 Å². The Hall–Kier alpha value is -1.99. The van der Waals surface area contributed by atoms with Gasteiger partial charge in [-0.25, -0.2) is 0 Å². The highest BCUT2D eigenvalue weighted by molar-refractivity contribution is 5.80. The Morgan fingerprint density at radius 3 is 2.65 bits per heavy atom. The largest absolute Gasteiger partial charge is 0.362 e. The third kappa shape index (κ3) is 5.61. The van der Waals surface area contributed by atoms with Gasteiger partial charge in [-0.2, -0.15) is 0 Å². The van der Waals surface area contributed by atoms with E-state index in [1.165, 1.54) is 0 Å². The number of carbonyl (C=O) groups excluding carboxylic acids is 2. The molecule has 7 heteroatoms. The average Bonchev–Trinajstić information content (AvgIpc) is 3.03. The van der Waals surface area contributed by atoms with Gasteiger partial charge < -0.3 is 21.1 Å². The molecule has 1 saturated carbocycles. The molecule has 1 aromatic heterocycles. The maximum absolute atomic E-state index is 11.9. The molecule has 0 aliphatic heterocycles. The van der Waals surface area contributed by atoms with Crippen LogP contribution in [-0.4, -0.2) is 42.1 Å². The normalized spacial score (nSPS) is 16.0. The Bertz CT molecular complexity index is 515. The monoisotopic (exact) mass is 320 g/mol. The molecule has 0 spiro atoms. The van der Waals surface area contributed by atoms with Crippen molar-refractivity contribution < 1.29 is 14.3 Å². The second-order valence-electron chi connectivity index (χ2n) is 5.87. The first-order valence-corrected chi connectivity index (χ1v) is 7.88. The van der Waals surface area contributed by atoms with E-state index in [4.69, 9.17) is 10.5 Å². The molecule has 0 aromatic carbocycles. The highest BCUT2D eigenvalue weighted by atomic mass is 16.5. The molecule has 1 fully saturated rings. The fourth-order valence-electron chi connectivity index (χ4n) is 2.75. The van der Waals surface area contributed by atoms with E-state index in [-0.39, 0.29) is 30.6 Å². The lowest BCUT2D eigenvalue weighted by molar-refractivity contribution is -0.132. The Balaban J connectivity index is 1.62. The summed E-state index contributed by atoms with van der Waals surface area (Å²) in [7, 11) is 0. The molecule has 7 nitrogen and oxygen atoms in total. The molecular formula is C16H24N4O3. The predicted molar refractivity (Wildman–Crippen MR) is 85.3 cm³/mol. The third-order valence-corrected chi connectivity index (χ3v) is 4.03. The molecule has 4 N–H and O–H groups in total. The standard InChI is InChI=1S/C16H24N4O3/c17-12-16(5-1-2-6-16)20-15(22)11-23-10-14(21)19-9-13-4-3-7-18-8-13/h3-4,7-8H,1-2,5-6,9-12,17H2,(H,19,21)(H,20,22).